The third-order valence-corrected chi connectivity index (χ3v) is 4.67. The topological polar surface area (TPSA) is 75.6 Å². The maximum Gasteiger partial charge on any atom is 0.416 e. The first kappa shape index (κ1) is 21.3. The molecule has 0 aliphatic rings. The van der Waals surface area contributed by atoms with Gasteiger partial charge >= 0.3 is 6.18 Å². The third-order valence-electron chi connectivity index (χ3n) is 3.87. The number of para-hydroxylation sites is 1. The molecule has 156 valence electrons. The standard InChI is InChI=1S/C20H17F3N4O2S/c1-29-17-8-3-2-5-13(17)11-24-27-18(28)10-16-12-30-19(26-16)25-15-7-4-6-14(9-15)20(21,22)23/h2-9,11-12H,10H2,1H3,(H,25,26)(H,27,28)/b24-11-. The van der Waals surface area contributed by atoms with E-state index in [0.29, 0.717) is 22.1 Å². The number of nitrogens with one attached hydrogen (secondary N) is 2. The van der Waals surface area contributed by atoms with Gasteiger partial charge in [-0.1, -0.05) is 18.2 Å². The molecule has 0 atom stereocenters. The fourth-order valence-electron chi connectivity index (χ4n) is 2.49. The van der Waals surface area contributed by atoms with Crippen molar-refractivity contribution in [3.05, 3.63) is 70.7 Å². The van der Waals surface area contributed by atoms with Crippen molar-refractivity contribution in [2.75, 3.05) is 12.4 Å². The summed E-state index contributed by atoms with van der Waals surface area (Å²) in [5.74, 6) is 0.248. The fourth-order valence-corrected chi connectivity index (χ4v) is 3.22. The van der Waals surface area contributed by atoms with Crippen molar-refractivity contribution in [3.8, 4) is 5.75 Å². The van der Waals surface area contributed by atoms with E-state index in [1.165, 1.54) is 29.7 Å². The smallest absolute Gasteiger partial charge is 0.416 e. The Bertz CT molecular complexity index is 1050. The van der Waals surface area contributed by atoms with Crippen molar-refractivity contribution in [1.29, 1.82) is 0 Å². The number of benzene rings is 2. The minimum Gasteiger partial charge on any atom is -0.496 e. The maximum absolute atomic E-state index is 12.8. The molecule has 10 heteroatoms. The Labute approximate surface area is 174 Å². The average Bonchev–Trinajstić information content (AvgIpc) is 3.14. The van der Waals surface area contributed by atoms with Gasteiger partial charge in [-0.15, -0.1) is 11.3 Å². The lowest BCUT2D eigenvalue weighted by molar-refractivity contribution is -0.137. The second-order valence-corrected chi connectivity index (χ2v) is 6.92. The largest absolute Gasteiger partial charge is 0.496 e. The quantitative estimate of drug-likeness (QED) is 0.421. The molecule has 0 radical (unpaired) electrons. The fraction of sp³-hybridized carbons (Fsp3) is 0.150. The lowest BCUT2D eigenvalue weighted by atomic mass is 10.2. The number of carbonyl (C=O) groups excluding carboxylic acids is 1. The number of rotatable bonds is 7. The first-order valence-corrected chi connectivity index (χ1v) is 9.57. The number of nitrogens with zero attached hydrogens (tertiary/aromatic N) is 2. The molecular weight excluding hydrogens is 417 g/mol. The van der Waals surface area contributed by atoms with Crippen molar-refractivity contribution in [3.63, 3.8) is 0 Å². The highest BCUT2D eigenvalue weighted by molar-refractivity contribution is 7.13. The predicted molar refractivity (Wildman–Crippen MR) is 109 cm³/mol. The van der Waals surface area contributed by atoms with E-state index < -0.39 is 11.7 Å². The average molecular weight is 434 g/mol. The SMILES string of the molecule is COc1ccccc1/C=N\NC(=O)Cc1csc(Nc2cccc(C(F)(F)F)c2)n1. The Hall–Kier alpha value is -3.40. The van der Waals surface area contributed by atoms with E-state index in [-0.39, 0.29) is 18.0 Å². The van der Waals surface area contributed by atoms with Crippen LogP contribution in [0.25, 0.3) is 0 Å². The van der Waals surface area contributed by atoms with Crippen LogP contribution in [0.1, 0.15) is 16.8 Å². The minimum absolute atomic E-state index is 0.0238. The zero-order valence-electron chi connectivity index (χ0n) is 15.7. The van der Waals surface area contributed by atoms with Crippen LogP contribution in [0.4, 0.5) is 24.0 Å². The number of alkyl halides is 3. The molecule has 1 heterocycles. The van der Waals surface area contributed by atoms with Crippen LogP contribution < -0.4 is 15.5 Å². The number of thiazole rings is 1. The number of hydrogen-bond acceptors (Lipinski definition) is 6. The van der Waals surface area contributed by atoms with Gasteiger partial charge in [0.05, 0.1) is 31.0 Å². The molecule has 2 N–H and O–H groups in total. The van der Waals surface area contributed by atoms with Crippen molar-refractivity contribution in [2.24, 2.45) is 5.10 Å². The van der Waals surface area contributed by atoms with Gasteiger partial charge in [-0.05, 0) is 30.3 Å². The van der Waals surface area contributed by atoms with Crippen LogP contribution in [-0.2, 0) is 17.4 Å². The van der Waals surface area contributed by atoms with E-state index >= 15 is 0 Å². The number of anilines is 2. The van der Waals surface area contributed by atoms with Crippen LogP contribution in [0.5, 0.6) is 5.75 Å². The summed E-state index contributed by atoms with van der Waals surface area (Å²) in [5.41, 5.74) is 3.10. The molecule has 1 amide bonds. The summed E-state index contributed by atoms with van der Waals surface area (Å²) < 4.78 is 43.6. The Morgan fingerprint density at radius 1 is 1.23 bits per heavy atom. The van der Waals surface area contributed by atoms with E-state index in [2.05, 4.69) is 20.8 Å². The number of hydrogen-bond donors (Lipinski definition) is 2. The summed E-state index contributed by atoms with van der Waals surface area (Å²) in [4.78, 5) is 16.3. The molecule has 3 aromatic rings. The number of ether oxygens (including phenoxy) is 1. The highest BCUT2D eigenvalue weighted by Gasteiger charge is 2.30. The van der Waals surface area contributed by atoms with Gasteiger partial charge in [0.25, 0.3) is 0 Å². The summed E-state index contributed by atoms with van der Waals surface area (Å²) in [5, 5.41) is 8.76. The van der Waals surface area contributed by atoms with Gasteiger partial charge in [0.15, 0.2) is 5.13 Å². The summed E-state index contributed by atoms with van der Waals surface area (Å²) in [7, 11) is 1.54. The maximum atomic E-state index is 12.8. The normalized spacial score (nSPS) is 11.5. The van der Waals surface area contributed by atoms with Gasteiger partial charge in [-0.3, -0.25) is 4.79 Å². The molecular formula is C20H17F3N4O2S. The van der Waals surface area contributed by atoms with Crippen LogP contribution in [0.2, 0.25) is 0 Å². The second kappa shape index (κ2) is 9.40. The molecule has 0 aliphatic carbocycles. The van der Waals surface area contributed by atoms with Crippen LogP contribution in [0.15, 0.2) is 59.0 Å². The zero-order chi connectivity index (χ0) is 21.6. The number of methoxy groups -OCH3 is 1. The molecule has 1 aromatic heterocycles. The van der Waals surface area contributed by atoms with Crippen molar-refractivity contribution < 1.29 is 22.7 Å². The third kappa shape index (κ3) is 5.80. The van der Waals surface area contributed by atoms with Crippen LogP contribution in [0.3, 0.4) is 0 Å². The Morgan fingerprint density at radius 3 is 2.80 bits per heavy atom. The molecule has 0 unspecified atom stereocenters. The lowest BCUT2D eigenvalue weighted by Crippen LogP contribution is -2.20. The predicted octanol–water partition coefficient (Wildman–Crippen LogP) is 4.61. The van der Waals surface area contributed by atoms with Crippen LogP contribution in [-0.4, -0.2) is 24.2 Å². The number of hydrazone groups is 1. The molecule has 6 nitrogen and oxygen atoms in total. The molecule has 30 heavy (non-hydrogen) atoms. The van der Waals surface area contributed by atoms with E-state index in [9.17, 15) is 18.0 Å². The van der Waals surface area contributed by atoms with Gasteiger partial charge in [-0.25, -0.2) is 10.4 Å². The van der Waals surface area contributed by atoms with Crippen LogP contribution in [0, 0.1) is 0 Å². The molecule has 0 fully saturated rings. The van der Waals surface area contributed by atoms with Gasteiger partial charge < -0.3 is 10.1 Å². The molecule has 0 saturated carbocycles. The summed E-state index contributed by atoms with van der Waals surface area (Å²) in [6.07, 6.45) is -2.98. The molecule has 0 spiro atoms. The molecule has 0 aliphatic heterocycles. The van der Waals surface area contributed by atoms with Crippen molar-refractivity contribution >= 4 is 34.3 Å². The van der Waals surface area contributed by atoms with Crippen molar-refractivity contribution in [1.82, 2.24) is 10.4 Å². The number of carbonyl (C=O) groups is 1. The van der Waals surface area contributed by atoms with E-state index in [4.69, 9.17) is 4.74 Å². The first-order valence-electron chi connectivity index (χ1n) is 8.69. The van der Waals surface area contributed by atoms with Gasteiger partial charge in [0.2, 0.25) is 5.91 Å². The van der Waals surface area contributed by atoms with E-state index in [1.807, 2.05) is 12.1 Å². The molecule has 3 rings (SSSR count). The first-order chi connectivity index (χ1) is 14.3. The minimum atomic E-state index is -4.42. The van der Waals surface area contributed by atoms with Crippen LogP contribution >= 0.6 is 11.3 Å². The Balaban J connectivity index is 1.56. The number of amides is 1. The zero-order valence-corrected chi connectivity index (χ0v) is 16.6. The van der Waals surface area contributed by atoms with Gasteiger partial charge in [0, 0.05) is 16.6 Å². The number of halogens is 3. The summed E-state index contributed by atoms with van der Waals surface area (Å²) in [6.45, 7) is 0. The molecule has 0 saturated heterocycles. The summed E-state index contributed by atoms with van der Waals surface area (Å²) >= 11 is 1.19. The van der Waals surface area contributed by atoms with Gasteiger partial charge in [0.1, 0.15) is 5.75 Å². The number of aromatic nitrogens is 1. The monoisotopic (exact) mass is 434 g/mol. The lowest BCUT2D eigenvalue weighted by Gasteiger charge is -2.08. The Morgan fingerprint density at radius 2 is 2.03 bits per heavy atom. The molecule has 2 aromatic carbocycles. The highest BCUT2D eigenvalue weighted by atomic mass is 32.1. The highest BCUT2D eigenvalue weighted by Crippen LogP contribution is 2.31. The summed E-state index contributed by atoms with van der Waals surface area (Å²) in [6, 6.07) is 12.0. The second-order valence-electron chi connectivity index (χ2n) is 6.06. The van der Waals surface area contributed by atoms with Crippen molar-refractivity contribution in [2.45, 2.75) is 12.6 Å². The molecule has 0 bridgehead atoms. The van der Waals surface area contributed by atoms with E-state index in [0.717, 1.165) is 12.1 Å². The Kier molecular flexibility index (Phi) is 6.68. The van der Waals surface area contributed by atoms with E-state index in [1.54, 1.807) is 24.6 Å². The van der Waals surface area contributed by atoms with Gasteiger partial charge in [-0.2, -0.15) is 18.3 Å².